The molecule has 0 heteroatoms. The summed E-state index contributed by atoms with van der Waals surface area (Å²) in [5, 5.41) is 0. The molecule has 0 N–H and O–H groups in total. The molecule has 0 radical (unpaired) electrons. The molecule has 0 heterocycles. The Hall–Kier alpha value is 0. The monoisotopic (exact) mass is 184 g/mol. The first-order valence-corrected chi connectivity index (χ1v) is 5.93. The van der Waals surface area contributed by atoms with Crippen molar-refractivity contribution in [2.24, 2.45) is 17.3 Å². The minimum atomic E-state index is 0.481. The molecule has 0 aliphatic heterocycles. The maximum absolute atomic E-state index is 2.42. The number of hydrogen-bond acceptors (Lipinski definition) is 0. The van der Waals surface area contributed by atoms with Gasteiger partial charge in [0.25, 0.3) is 0 Å². The average Bonchev–Trinajstić information content (AvgIpc) is 2.04. The van der Waals surface area contributed by atoms with Gasteiger partial charge in [0.15, 0.2) is 0 Å². The Kier molecular flexibility index (Phi) is 5.67. The summed E-state index contributed by atoms with van der Waals surface area (Å²) >= 11 is 0. The van der Waals surface area contributed by atoms with Crippen molar-refractivity contribution in [1.29, 1.82) is 0 Å². The van der Waals surface area contributed by atoms with Crippen molar-refractivity contribution in [3.63, 3.8) is 0 Å². The lowest BCUT2D eigenvalue weighted by Gasteiger charge is -2.34. The van der Waals surface area contributed by atoms with Gasteiger partial charge in [0.2, 0.25) is 0 Å². The van der Waals surface area contributed by atoms with Crippen LogP contribution in [0.3, 0.4) is 0 Å². The highest BCUT2D eigenvalue weighted by Gasteiger charge is 2.26. The van der Waals surface area contributed by atoms with E-state index in [2.05, 4.69) is 41.5 Å². The summed E-state index contributed by atoms with van der Waals surface area (Å²) < 4.78 is 0. The van der Waals surface area contributed by atoms with Gasteiger partial charge in [-0.15, -0.1) is 0 Å². The maximum Gasteiger partial charge on any atom is -0.0354 e. The molecule has 0 aliphatic carbocycles. The summed E-state index contributed by atoms with van der Waals surface area (Å²) in [6.45, 7) is 14.1. The van der Waals surface area contributed by atoms with Crippen molar-refractivity contribution >= 4 is 0 Å². The fourth-order valence-corrected chi connectivity index (χ4v) is 1.98. The summed E-state index contributed by atoms with van der Waals surface area (Å²) in [4.78, 5) is 0. The zero-order valence-corrected chi connectivity index (χ0v) is 10.5. The average molecular weight is 184 g/mol. The molecule has 0 rings (SSSR count). The normalized spacial score (nSPS) is 17.1. The minimum Gasteiger partial charge on any atom is -0.0654 e. The van der Waals surface area contributed by atoms with Gasteiger partial charge in [0, 0.05) is 0 Å². The minimum absolute atomic E-state index is 0.481. The smallest absolute Gasteiger partial charge is 0.0354 e. The van der Waals surface area contributed by atoms with Crippen LogP contribution in [0, 0.1) is 17.3 Å². The lowest BCUT2D eigenvalue weighted by molar-refractivity contribution is 0.162. The van der Waals surface area contributed by atoms with Gasteiger partial charge >= 0.3 is 0 Å². The van der Waals surface area contributed by atoms with Crippen molar-refractivity contribution in [3.8, 4) is 0 Å². The SMILES string of the molecule is CCCCC(CC)C(C)C(C)(C)C. The molecule has 0 aromatic heterocycles. The highest BCUT2D eigenvalue weighted by atomic mass is 14.3. The number of hydrogen-bond donors (Lipinski definition) is 0. The van der Waals surface area contributed by atoms with E-state index in [4.69, 9.17) is 0 Å². The van der Waals surface area contributed by atoms with E-state index < -0.39 is 0 Å². The maximum atomic E-state index is 2.42. The third-order valence-electron chi connectivity index (χ3n) is 3.53. The first kappa shape index (κ1) is 13.0. The molecule has 0 bridgehead atoms. The van der Waals surface area contributed by atoms with Crippen LogP contribution in [0.15, 0.2) is 0 Å². The Balaban J connectivity index is 4.07. The molecule has 0 aromatic rings. The fourth-order valence-electron chi connectivity index (χ4n) is 1.98. The summed E-state index contributed by atoms with van der Waals surface area (Å²) in [5.41, 5.74) is 0.481. The summed E-state index contributed by atoms with van der Waals surface area (Å²) in [6, 6.07) is 0. The van der Waals surface area contributed by atoms with Crippen LogP contribution in [-0.2, 0) is 0 Å². The molecule has 2 atom stereocenters. The van der Waals surface area contributed by atoms with E-state index in [-0.39, 0.29) is 0 Å². The van der Waals surface area contributed by atoms with E-state index in [9.17, 15) is 0 Å². The first-order valence-electron chi connectivity index (χ1n) is 5.93. The fraction of sp³-hybridized carbons (Fsp3) is 1.00. The third kappa shape index (κ3) is 4.69. The van der Waals surface area contributed by atoms with E-state index in [0.29, 0.717) is 5.41 Å². The largest absolute Gasteiger partial charge is 0.0654 e. The highest BCUT2D eigenvalue weighted by Crippen LogP contribution is 2.35. The first-order chi connectivity index (χ1) is 5.93. The van der Waals surface area contributed by atoms with Crippen molar-refractivity contribution in [3.05, 3.63) is 0 Å². The second kappa shape index (κ2) is 5.67. The van der Waals surface area contributed by atoms with Crippen LogP contribution in [0.25, 0.3) is 0 Å². The van der Waals surface area contributed by atoms with Crippen LogP contribution in [0.2, 0.25) is 0 Å². The lowest BCUT2D eigenvalue weighted by Crippen LogP contribution is -2.25. The molecule has 0 nitrogen and oxygen atoms in total. The van der Waals surface area contributed by atoms with Crippen LogP contribution in [0.4, 0.5) is 0 Å². The van der Waals surface area contributed by atoms with Gasteiger partial charge in [-0.1, -0.05) is 67.2 Å². The third-order valence-corrected chi connectivity index (χ3v) is 3.53. The summed E-state index contributed by atoms with van der Waals surface area (Å²) in [5.74, 6) is 1.78. The van der Waals surface area contributed by atoms with Crippen molar-refractivity contribution < 1.29 is 0 Å². The highest BCUT2D eigenvalue weighted by molar-refractivity contribution is 4.76. The van der Waals surface area contributed by atoms with Crippen molar-refractivity contribution in [2.75, 3.05) is 0 Å². The molecule has 2 unspecified atom stereocenters. The molecule has 0 aromatic carbocycles. The molecule has 0 fully saturated rings. The predicted molar refractivity (Wildman–Crippen MR) is 61.9 cm³/mol. The zero-order chi connectivity index (χ0) is 10.5. The van der Waals surface area contributed by atoms with E-state index in [1.165, 1.54) is 25.7 Å². The van der Waals surface area contributed by atoms with Gasteiger partial charge in [-0.25, -0.2) is 0 Å². The quantitative estimate of drug-likeness (QED) is 0.571. The van der Waals surface area contributed by atoms with E-state index in [1.54, 1.807) is 0 Å². The molecular weight excluding hydrogens is 156 g/mol. The summed E-state index contributed by atoms with van der Waals surface area (Å²) in [7, 11) is 0. The molecule has 0 amide bonds. The van der Waals surface area contributed by atoms with Crippen LogP contribution in [0.1, 0.15) is 67.2 Å². The Bertz CT molecular complexity index is 118. The molecule has 0 saturated heterocycles. The van der Waals surface area contributed by atoms with Crippen LogP contribution in [0.5, 0.6) is 0 Å². The van der Waals surface area contributed by atoms with Gasteiger partial charge < -0.3 is 0 Å². The van der Waals surface area contributed by atoms with Gasteiger partial charge in [-0.05, 0) is 17.3 Å². The van der Waals surface area contributed by atoms with Crippen LogP contribution in [-0.4, -0.2) is 0 Å². The molecule has 13 heavy (non-hydrogen) atoms. The number of rotatable bonds is 5. The zero-order valence-electron chi connectivity index (χ0n) is 10.5. The van der Waals surface area contributed by atoms with Crippen LogP contribution >= 0.6 is 0 Å². The molecule has 0 aliphatic rings. The standard InChI is InChI=1S/C13H28/c1-7-9-10-12(8-2)11(3)13(4,5)6/h11-12H,7-10H2,1-6H3. The molecule has 0 saturated carbocycles. The van der Waals surface area contributed by atoms with Gasteiger partial charge in [-0.3, -0.25) is 0 Å². The van der Waals surface area contributed by atoms with Crippen LogP contribution < -0.4 is 0 Å². The van der Waals surface area contributed by atoms with E-state index in [1.807, 2.05) is 0 Å². The predicted octanol–water partition coefficient (Wildman–Crippen LogP) is 4.89. The Morgan fingerprint density at radius 2 is 1.62 bits per heavy atom. The Morgan fingerprint density at radius 1 is 1.08 bits per heavy atom. The van der Waals surface area contributed by atoms with Gasteiger partial charge in [0.1, 0.15) is 0 Å². The summed E-state index contributed by atoms with van der Waals surface area (Å²) in [6.07, 6.45) is 5.51. The van der Waals surface area contributed by atoms with Gasteiger partial charge in [0.05, 0.1) is 0 Å². The van der Waals surface area contributed by atoms with E-state index >= 15 is 0 Å². The van der Waals surface area contributed by atoms with E-state index in [0.717, 1.165) is 11.8 Å². The van der Waals surface area contributed by atoms with Crippen molar-refractivity contribution in [2.45, 2.75) is 67.2 Å². The Labute approximate surface area is 85.1 Å². The lowest BCUT2D eigenvalue weighted by atomic mass is 9.72. The Morgan fingerprint density at radius 3 is 1.92 bits per heavy atom. The second-order valence-corrected chi connectivity index (χ2v) is 5.47. The van der Waals surface area contributed by atoms with Gasteiger partial charge in [-0.2, -0.15) is 0 Å². The topological polar surface area (TPSA) is 0 Å². The van der Waals surface area contributed by atoms with Crippen molar-refractivity contribution in [1.82, 2.24) is 0 Å². The molecule has 0 spiro atoms. The number of unbranched alkanes of at least 4 members (excludes halogenated alkanes) is 1. The molecular formula is C13H28. The second-order valence-electron chi connectivity index (χ2n) is 5.47. The molecule has 80 valence electrons.